The third kappa shape index (κ3) is 4.92. The first-order valence-electron chi connectivity index (χ1n) is 12.9. The molecule has 0 spiro atoms. The summed E-state index contributed by atoms with van der Waals surface area (Å²) in [7, 11) is 0. The highest BCUT2D eigenvalue weighted by atomic mass is 16.5. The Morgan fingerprint density at radius 1 is 0.825 bits per heavy atom. The second-order valence-corrected chi connectivity index (χ2v) is 9.50. The SMILES string of the molecule is Cc1ccc2oc(-c3ccccc3)cc(=Nc3ccc(OC(=O)CCN4C(=O)c5ccccc5C4=O)cc3)c2c1. The van der Waals surface area contributed by atoms with Crippen molar-refractivity contribution in [1.29, 1.82) is 0 Å². The summed E-state index contributed by atoms with van der Waals surface area (Å²) in [6, 6.07) is 31.2. The summed E-state index contributed by atoms with van der Waals surface area (Å²) in [5, 5.41) is 1.65. The Hall–Kier alpha value is -5.30. The molecule has 0 unspecified atom stereocenters. The van der Waals surface area contributed by atoms with Gasteiger partial charge in [-0.15, -0.1) is 0 Å². The Morgan fingerprint density at radius 2 is 1.50 bits per heavy atom. The largest absolute Gasteiger partial charge is 0.456 e. The number of nitrogens with zero attached hydrogens (tertiary/aromatic N) is 2. The number of amides is 2. The maximum absolute atomic E-state index is 12.5. The van der Waals surface area contributed by atoms with Gasteiger partial charge in [0, 0.05) is 23.6 Å². The number of hydrogen-bond acceptors (Lipinski definition) is 6. The van der Waals surface area contributed by atoms with Gasteiger partial charge >= 0.3 is 5.97 Å². The number of hydrogen-bond donors (Lipinski definition) is 0. The zero-order valence-corrected chi connectivity index (χ0v) is 21.7. The summed E-state index contributed by atoms with van der Waals surface area (Å²) in [6.07, 6.45) is -0.112. The Morgan fingerprint density at radius 3 is 2.20 bits per heavy atom. The third-order valence-corrected chi connectivity index (χ3v) is 6.69. The molecule has 0 saturated carbocycles. The lowest BCUT2D eigenvalue weighted by atomic mass is 10.1. The van der Waals surface area contributed by atoms with Crippen molar-refractivity contribution in [2.75, 3.05) is 6.54 Å². The Kier molecular flexibility index (Phi) is 6.54. The van der Waals surface area contributed by atoms with E-state index in [0.717, 1.165) is 32.4 Å². The molecule has 40 heavy (non-hydrogen) atoms. The van der Waals surface area contributed by atoms with E-state index in [1.54, 1.807) is 48.5 Å². The van der Waals surface area contributed by atoms with Crippen LogP contribution in [0.4, 0.5) is 5.69 Å². The minimum absolute atomic E-state index is 0.0477. The van der Waals surface area contributed by atoms with Crippen LogP contribution in [0.25, 0.3) is 22.3 Å². The number of esters is 1. The zero-order valence-electron chi connectivity index (χ0n) is 21.7. The molecular formula is C33H24N2O5. The van der Waals surface area contributed by atoms with Gasteiger partial charge in [-0.25, -0.2) is 4.99 Å². The summed E-state index contributed by atoms with van der Waals surface area (Å²) in [4.78, 5) is 43.4. The second-order valence-electron chi connectivity index (χ2n) is 9.50. The van der Waals surface area contributed by atoms with E-state index in [1.165, 1.54) is 0 Å². The Bertz CT molecular complexity index is 1800. The van der Waals surface area contributed by atoms with Gasteiger partial charge in [-0.2, -0.15) is 0 Å². The lowest BCUT2D eigenvalue weighted by Gasteiger charge is -2.13. The van der Waals surface area contributed by atoms with Crippen molar-refractivity contribution in [2.24, 2.45) is 4.99 Å². The number of carbonyl (C=O) groups is 3. The van der Waals surface area contributed by atoms with Crippen LogP contribution in [0.15, 0.2) is 113 Å². The monoisotopic (exact) mass is 528 g/mol. The molecule has 0 fully saturated rings. The third-order valence-electron chi connectivity index (χ3n) is 6.69. The summed E-state index contributed by atoms with van der Waals surface area (Å²) in [5.41, 5.74) is 4.16. The molecule has 1 aliphatic rings. The minimum Gasteiger partial charge on any atom is -0.456 e. The molecule has 0 saturated heterocycles. The van der Waals surface area contributed by atoms with Crippen LogP contribution in [0.2, 0.25) is 0 Å². The lowest BCUT2D eigenvalue weighted by molar-refractivity contribution is -0.134. The summed E-state index contributed by atoms with van der Waals surface area (Å²) < 4.78 is 11.6. The molecule has 2 heterocycles. The van der Waals surface area contributed by atoms with Crippen molar-refractivity contribution in [1.82, 2.24) is 4.90 Å². The molecular weight excluding hydrogens is 504 g/mol. The smallest absolute Gasteiger partial charge is 0.312 e. The number of imide groups is 1. The van der Waals surface area contributed by atoms with Gasteiger partial charge < -0.3 is 9.15 Å². The second kappa shape index (κ2) is 10.5. The van der Waals surface area contributed by atoms with Crippen molar-refractivity contribution in [3.05, 3.63) is 125 Å². The highest BCUT2D eigenvalue weighted by Crippen LogP contribution is 2.25. The van der Waals surface area contributed by atoms with E-state index in [-0.39, 0.29) is 13.0 Å². The van der Waals surface area contributed by atoms with Crippen LogP contribution < -0.4 is 10.1 Å². The predicted octanol–water partition coefficient (Wildman–Crippen LogP) is 6.23. The highest BCUT2D eigenvalue weighted by Gasteiger charge is 2.35. The molecule has 1 aliphatic heterocycles. The molecule has 0 bridgehead atoms. The molecule has 1 aromatic heterocycles. The molecule has 4 aromatic carbocycles. The van der Waals surface area contributed by atoms with E-state index in [0.29, 0.717) is 28.3 Å². The molecule has 2 amide bonds. The van der Waals surface area contributed by atoms with Gasteiger partial charge in [0.1, 0.15) is 17.1 Å². The van der Waals surface area contributed by atoms with Crippen molar-refractivity contribution >= 4 is 34.4 Å². The molecule has 0 radical (unpaired) electrons. The molecule has 7 nitrogen and oxygen atoms in total. The summed E-state index contributed by atoms with van der Waals surface area (Å²) >= 11 is 0. The van der Waals surface area contributed by atoms with E-state index >= 15 is 0 Å². The number of benzene rings is 4. The topological polar surface area (TPSA) is 89.2 Å². The molecule has 5 aromatic rings. The average Bonchev–Trinajstić information content (AvgIpc) is 3.22. The van der Waals surface area contributed by atoms with Gasteiger partial charge in [0.05, 0.1) is 28.6 Å². The average molecular weight is 529 g/mol. The van der Waals surface area contributed by atoms with Crippen LogP contribution in [-0.4, -0.2) is 29.2 Å². The normalized spacial score (nSPS) is 13.1. The Balaban J connectivity index is 1.19. The van der Waals surface area contributed by atoms with Gasteiger partial charge in [-0.05, 0) is 55.5 Å². The molecule has 7 heteroatoms. The zero-order chi connectivity index (χ0) is 27.6. The fourth-order valence-corrected chi connectivity index (χ4v) is 4.68. The lowest BCUT2D eigenvalue weighted by Crippen LogP contribution is -2.32. The molecule has 0 atom stereocenters. The fraction of sp³-hybridized carbons (Fsp3) is 0.0909. The van der Waals surface area contributed by atoms with E-state index in [2.05, 4.69) is 0 Å². The van der Waals surface area contributed by atoms with Crippen LogP contribution in [0.3, 0.4) is 0 Å². The standard InChI is InChI=1S/C33H24N2O5/c1-21-11-16-29-27(19-21)28(20-30(40-29)22-7-3-2-4-8-22)34-23-12-14-24(15-13-23)39-31(36)17-18-35-32(37)25-9-5-6-10-26(25)33(35)38/h2-16,19-20H,17-18H2,1H3. The first kappa shape index (κ1) is 25.0. The maximum atomic E-state index is 12.5. The molecule has 0 N–H and O–H groups in total. The number of fused-ring (bicyclic) bond motifs is 2. The van der Waals surface area contributed by atoms with E-state index in [4.69, 9.17) is 14.1 Å². The first-order valence-corrected chi connectivity index (χ1v) is 12.9. The van der Waals surface area contributed by atoms with Gasteiger partial charge in [-0.1, -0.05) is 54.1 Å². The van der Waals surface area contributed by atoms with Gasteiger partial charge in [0.25, 0.3) is 11.8 Å². The van der Waals surface area contributed by atoms with Crippen molar-refractivity contribution in [3.8, 4) is 17.1 Å². The van der Waals surface area contributed by atoms with Crippen molar-refractivity contribution in [2.45, 2.75) is 13.3 Å². The van der Waals surface area contributed by atoms with Crippen LogP contribution in [0, 0.1) is 6.92 Å². The minimum atomic E-state index is -0.542. The van der Waals surface area contributed by atoms with E-state index in [1.807, 2.05) is 61.5 Å². The molecule has 6 rings (SSSR count). The number of aryl methyl sites for hydroxylation is 1. The van der Waals surface area contributed by atoms with Crippen LogP contribution in [-0.2, 0) is 4.79 Å². The summed E-state index contributed by atoms with van der Waals surface area (Å²) in [5.74, 6) is -0.281. The van der Waals surface area contributed by atoms with E-state index in [9.17, 15) is 14.4 Å². The number of rotatable bonds is 6. The predicted molar refractivity (Wildman–Crippen MR) is 150 cm³/mol. The fourth-order valence-electron chi connectivity index (χ4n) is 4.68. The molecule has 196 valence electrons. The molecule has 0 aliphatic carbocycles. The maximum Gasteiger partial charge on any atom is 0.312 e. The Labute approximate surface area is 230 Å². The van der Waals surface area contributed by atoms with Gasteiger partial charge in [0.2, 0.25) is 0 Å². The highest BCUT2D eigenvalue weighted by molar-refractivity contribution is 6.21. The van der Waals surface area contributed by atoms with Crippen molar-refractivity contribution in [3.63, 3.8) is 0 Å². The summed E-state index contributed by atoms with van der Waals surface area (Å²) in [6.45, 7) is 1.97. The van der Waals surface area contributed by atoms with Gasteiger partial charge in [0.15, 0.2) is 0 Å². The van der Waals surface area contributed by atoms with Crippen LogP contribution in [0.5, 0.6) is 5.75 Å². The van der Waals surface area contributed by atoms with Crippen LogP contribution in [0.1, 0.15) is 32.7 Å². The van der Waals surface area contributed by atoms with E-state index < -0.39 is 17.8 Å². The quantitative estimate of drug-likeness (QED) is 0.148. The number of carbonyl (C=O) groups excluding carboxylic acids is 3. The first-order chi connectivity index (χ1) is 19.5. The number of ether oxygens (including phenoxy) is 1. The van der Waals surface area contributed by atoms with Crippen LogP contribution >= 0.6 is 0 Å². The van der Waals surface area contributed by atoms with Crippen molar-refractivity contribution < 1.29 is 23.5 Å². The van der Waals surface area contributed by atoms with Gasteiger partial charge in [-0.3, -0.25) is 19.3 Å².